The topological polar surface area (TPSA) is 59.1 Å². The van der Waals surface area contributed by atoms with Crippen molar-refractivity contribution in [2.45, 2.75) is 13.8 Å². The number of carbonyl (C=O) groups excluding carboxylic acids is 2. The molecule has 2 saturated heterocycles. The number of aryl methyl sites for hydroxylation is 2. The number of rotatable bonds is 7. The van der Waals surface area contributed by atoms with Crippen LogP contribution in [0.25, 0.3) is 12.2 Å². The predicted molar refractivity (Wildman–Crippen MR) is 158 cm³/mol. The molecular weight excluding hydrogens is 500 g/mol. The van der Waals surface area contributed by atoms with Gasteiger partial charge in [0, 0.05) is 36.3 Å². The van der Waals surface area contributed by atoms with Gasteiger partial charge in [-0.1, -0.05) is 59.7 Å². The number of ketones is 1. The fourth-order valence-corrected chi connectivity index (χ4v) is 4.90. The Bertz CT molecular complexity index is 1320. The average Bonchev–Trinajstić information content (AvgIpc) is 2.98. The Labute approximate surface area is 236 Å². The van der Waals surface area contributed by atoms with Crippen molar-refractivity contribution in [2.75, 3.05) is 52.5 Å². The standard InChI is InChI=1S/C34H36N2O4/c1-25-3-7-27(8-4-25)21-30-23-36(24-31(33(30)37)22-28-9-5-26(2)6-10-28)34(38)29-11-13-32(14-12-29)40-20-17-35-15-18-39-19-16-35/h3-14,21-22H,15-20,23-24H2,1-2H3/b30-21-,31-22+. The van der Waals surface area contributed by atoms with E-state index >= 15 is 0 Å². The van der Waals surface area contributed by atoms with E-state index in [1.54, 1.807) is 17.0 Å². The molecular formula is C34H36N2O4. The molecule has 2 fully saturated rings. The van der Waals surface area contributed by atoms with Crippen LogP contribution >= 0.6 is 0 Å². The van der Waals surface area contributed by atoms with Crippen LogP contribution in [0.2, 0.25) is 0 Å². The van der Waals surface area contributed by atoms with Gasteiger partial charge >= 0.3 is 0 Å². The SMILES string of the molecule is Cc1ccc(/C=C2/CN(C(=O)c3ccc(OCCN4CCOCC4)cc3)C/C(=C\c3ccc(C)cc3)C2=O)cc1. The van der Waals surface area contributed by atoms with Gasteiger partial charge in [-0.2, -0.15) is 0 Å². The molecule has 0 unspecified atom stereocenters. The summed E-state index contributed by atoms with van der Waals surface area (Å²) < 4.78 is 11.3. The number of nitrogens with zero attached hydrogens (tertiary/aromatic N) is 2. The summed E-state index contributed by atoms with van der Waals surface area (Å²) in [4.78, 5) is 31.2. The average molecular weight is 537 g/mol. The van der Waals surface area contributed by atoms with Crippen molar-refractivity contribution in [3.05, 3.63) is 112 Å². The molecule has 2 heterocycles. The zero-order valence-corrected chi connectivity index (χ0v) is 23.3. The van der Waals surface area contributed by atoms with Crippen molar-refractivity contribution in [2.24, 2.45) is 0 Å². The van der Waals surface area contributed by atoms with Crippen molar-refractivity contribution in [3.8, 4) is 5.75 Å². The lowest BCUT2D eigenvalue weighted by Crippen LogP contribution is -2.41. The molecule has 0 atom stereocenters. The van der Waals surface area contributed by atoms with Crippen molar-refractivity contribution in [1.82, 2.24) is 9.80 Å². The van der Waals surface area contributed by atoms with Crippen LogP contribution in [0.4, 0.5) is 0 Å². The maximum absolute atomic E-state index is 13.6. The smallest absolute Gasteiger partial charge is 0.254 e. The van der Waals surface area contributed by atoms with E-state index in [-0.39, 0.29) is 24.8 Å². The second-order valence-electron chi connectivity index (χ2n) is 10.5. The van der Waals surface area contributed by atoms with Crippen LogP contribution in [0.1, 0.15) is 32.6 Å². The molecule has 0 bridgehead atoms. The van der Waals surface area contributed by atoms with E-state index in [0.717, 1.165) is 60.9 Å². The highest BCUT2D eigenvalue weighted by molar-refractivity contribution is 6.15. The van der Waals surface area contributed by atoms with E-state index < -0.39 is 0 Å². The van der Waals surface area contributed by atoms with Crippen LogP contribution in [0, 0.1) is 13.8 Å². The van der Waals surface area contributed by atoms with Crippen LogP contribution < -0.4 is 4.74 Å². The summed E-state index contributed by atoms with van der Waals surface area (Å²) in [5, 5.41) is 0. The van der Waals surface area contributed by atoms with Gasteiger partial charge in [0.2, 0.25) is 0 Å². The highest BCUT2D eigenvalue weighted by Gasteiger charge is 2.29. The van der Waals surface area contributed by atoms with Gasteiger partial charge in [0.1, 0.15) is 12.4 Å². The Morgan fingerprint density at radius 3 is 1.85 bits per heavy atom. The number of carbonyl (C=O) groups is 2. The van der Waals surface area contributed by atoms with E-state index in [1.807, 2.05) is 86.7 Å². The molecule has 6 heteroatoms. The number of morpholine rings is 1. The van der Waals surface area contributed by atoms with Crippen molar-refractivity contribution >= 4 is 23.8 Å². The summed E-state index contributed by atoms with van der Waals surface area (Å²) in [6.07, 6.45) is 3.80. The molecule has 0 N–H and O–H groups in total. The highest BCUT2D eigenvalue weighted by atomic mass is 16.5. The zero-order valence-electron chi connectivity index (χ0n) is 23.3. The summed E-state index contributed by atoms with van der Waals surface area (Å²) in [6.45, 7) is 9.40. The van der Waals surface area contributed by atoms with Gasteiger partial charge in [0.25, 0.3) is 5.91 Å². The molecule has 6 nitrogen and oxygen atoms in total. The monoisotopic (exact) mass is 536 g/mol. The first-order valence-corrected chi connectivity index (χ1v) is 13.9. The summed E-state index contributed by atoms with van der Waals surface area (Å²) in [7, 11) is 0. The fourth-order valence-electron chi connectivity index (χ4n) is 4.90. The van der Waals surface area contributed by atoms with Crippen LogP contribution in [0.5, 0.6) is 5.75 Å². The third-order valence-electron chi connectivity index (χ3n) is 7.31. The van der Waals surface area contributed by atoms with Crippen LogP contribution in [0.3, 0.4) is 0 Å². The fraction of sp³-hybridized carbons (Fsp3) is 0.294. The predicted octanol–water partition coefficient (Wildman–Crippen LogP) is 5.21. The lowest BCUT2D eigenvalue weighted by molar-refractivity contribution is -0.113. The molecule has 0 radical (unpaired) electrons. The third kappa shape index (κ3) is 7.14. The molecule has 206 valence electrons. The summed E-state index contributed by atoms with van der Waals surface area (Å²) >= 11 is 0. The maximum atomic E-state index is 13.6. The minimum Gasteiger partial charge on any atom is -0.492 e. The lowest BCUT2D eigenvalue weighted by atomic mass is 9.93. The summed E-state index contributed by atoms with van der Waals surface area (Å²) in [5.74, 6) is 0.602. The minimum absolute atomic E-state index is 0.0192. The van der Waals surface area contributed by atoms with E-state index in [9.17, 15) is 9.59 Å². The molecule has 0 aromatic heterocycles. The number of hydrogen-bond donors (Lipinski definition) is 0. The second-order valence-corrected chi connectivity index (χ2v) is 10.5. The van der Waals surface area contributed by atoms with Gasteiger partial charge in [-0.25, -0.2) is 0 Å². The molecule has 0 spiro atoms. The molecule has 5 rings (SSSR count). The molecule has 2 aliphatic heterocycles. The summed E-state index contributed by atoms with van der Waals surface area (Å²) in [5.41, 5.74) is 5.96. The van der Waals surface area contributed by atoms with Crippen LogP contribution in [-0.4, -0.2) is 74.0 Å². The number of hydrogen-bond acceptors (Lipinski definition) is 5. The van der Waals surface area contributed by atoms with Crippen molar-refractivity contribution in [1.29, 1.82) is 0 Å². The number of likely N-dealkylation sites (tertiary alicyclic amines) is 1. The van der Waals surface area contributed by atoms with Gasteiger partial charge in [-0.15, -0.1) is 0 Å². The number of benzene rings is 3. The Morgan fingerprint density at radius 2 is 1.32 bits per heavy atom. The van der Waals surface area contributed by atoms with Gasteiger partial charge in [-0.3, -0.25) is 14.5 Å². The Kier molecular flexibility index (Phi) is 8.89. The minimum atomic E-state index is -0.114. The highest BCUT2D eigenvalue weighted by Crippen LogP contribution is 2.25. The quantitative estimate of drug-likeness (QED) is 0.388. The van der Waals surface area contributed by atoms with E-state index in [0.29, 0.717) is 23.3 Å². The molecule has 40 heavy (non-hydrogen) atoms. The molecule has 3 aromatic rings. The first-order chi connectivity index (χ1) is 19.4. The first-order valence-electron chi connectivity index (χ1n) is 13.9. The second kappa shape index (κ2) is 12.9. The van der Waals surface area contributed by atoms with Gasteiger partial charge < -0.3 is 14.4 Å². The summed E-state index contributed by atoms with van der Waals surface area (Å²) in [6, 6.07) is 23.4. The molecule has 0 aliphatic carbocycles. The van der Waals surface area contributed by atoms with Crippen LogP contribution in [-0.2, 0) is 9.53 Å². The zero-order chi connectivity index (χ0) is 27.9. The largest absolute Gasteiger partial charge is 0.492 e. The van der Waals surface area contributed by atoms with E-state index in [2.05, 4.69) is 4.90 Å². The molecule has 1 amide bonds. The normalized spacial score (nSPS) is 18.4. The first kappa shape index (κ1) is 27.6. The molecule has 3 aromatic carbocycles. The number of piperidine rings is 1. The maximum Gasteiger partial charge on any atom is 0.254 e. The molecule has 2 aliphatic rings. The number of Topliss-reactive ketones (excluding diaryl/α,β-unsaturated/α-hetero) is 1. The van der Waals surface area contributed by atoms with Crippen molar-refractivity contribution < 1.29 is 19.1 Å². The van der Waals surface area contributed by atoms with E-state index in [4.69, 9.17) is 9.47 Å². The number of amides is 1. The third-order valence-corrected chi connectivity index (χ3v) is 7.31. The van der Waals surface area contributed by atoms with E-state index in [1.165, 1.54) is 0 Å². The lowest BCUT2D eigenvalue weighted by Gasteiger charge is -2.30. The Hall–Kier alpha value is -4.00. The van der Waals surface area contributed by atoms with Gasteiger partial charge in [0.05, 0.1) is 26.3 Å². The molecule has 0 saturated carbocycles. The van der Waals surface area contributed by atoms with Gasteiger partial charge in [0.15, 0.2) is 5.78 Å². The van der Waals surface area contributed by atoms with Crippen molar-refractivity contribution in [3.63, 3.8) is 0 Å². The Balaban J connectivity index is 1.32. The van der Waals surface area contributed by atoms with Gasteiger partial charge in [-0.05, 0) is 61.4 Å². The number of ether oxygens (including phenoxy) is 2. The Morgan fingerprint density at radius 1 is 0.800 bits per heavy atom. The van der Waals surface area contributed by atoms with Crippen LogP contribution in [0.15, 0.2) is 83.9 Å².